The highest BCUT2D eigenvalue weighted by Crippen LogP contribution is 2.37. The maximum Gasteiger partial charge on any atom is 0.416 e. The summed E-state index contributed by atoms with van der Waals surface area (Å²) >= 11 is 0. The monoisotopic (exact) mass is 295 g/mol. The van der Waals surface area contributed by atoms with E-state index in [2.05, 4.69) is 5.32 Å². The Labute approximate surface area is 121 Å². The molecule has 112 valence electrons. The minimum absolute atomic E-state index is 0.0737. The quantitative estimate of drug-likeness (QED) is 0.809. The number of hydrogen-bond donors (Lipinski definition) is 1. The van der Waals surface area contributed by atoms with Gasteiger partial charge >= 0.3 is 6.18 Å². The van der Waals surface area contributed by atoms with Gasteiger partial charge in [-0.3, -0.25) is 0 Å². The Hall–Kier alpha value is -2.00. The maximum atomic E-state index is 12.5. The fourth-order valence-corrected chi connectivity index (χ4v) is 2.48. The van der Waals surface area contributed by atoms with Crippen LogP contribution in [0.25, 0.3) is 0 Å². The fraction of sp³-hybridized carbons (Fsp3) is 0.375. The van der Waals surface area contributed by atoms with Gasteiger partial charge in [0.25, 0.3) is 0 Å². The lowest BCUT2D eigenvalue weighted by molar-refractivity contribution is -0.137. The Balaban J connectivity index is 2.18. The van der Waals surface area contributed by atoms with E-state index in [0.29, 0.717) is 17.7 Å². The van der Waals surface area contributed by atoms with Crippen LogP contribution >= 0.6 is 0 Å². The Morgan fingerprint density at radius 1 is 1.14 bits per heavy atom. The summed E-state index contributed by atoms with van der Waals surface area (Å²) < 4.78 is 37.5. The standard InChI is InChI=1S/C16H16F3NO/c1-15(2)8-11(10-21)7-14(9-15)20-13-5-3-12(4-6-13)16(17,18)19/h3-7,20H,8-9H2,1-2H3. The van der Waals surface area contributed by atoms with Gasteiger partial charge in [0, 0.05) is 17.0 Å². The van der Waals surface area contributed by atoms with Crippen LogP contribution in [-0.4, -0.2) is 5.94 Å². The van der Waals surface area contributed by atoms with Crippen LogP contribution in [0.15, 0.2) is 41.6 Å². The number of hydrogen-bond acceptors (Lipinski definition) is 2. The molecule has 0 aliphatic heterocycles. The van der Waals surface area contributed by atoms with Gasteiger partial charge in [0.05, 0.1) is 5.56 Å². The first-order chi connectivity index (χ1) is 9.69. The first kappa shape index (κ1) is 15.4. The van der Waals surface area contributed by atoms with E-state index < -0.39 is 11.7 Å². The van der Waals surface area contributed by atoms with Crippen LogP contribution in [0.3, 0.4) is 0 Å². The fourth-order valence-electron chi connectivity index (χ4n) is 2.48. The van der Waals surface area contributed by atoms with Crippen molar-refractivity contribution in [1.29, 1.82) is 0 Å². The summed E-state index contributed by atoms with van der Waals surface area (Å²) in [6, 6.07) is 4.84. The normalized spacial score (nSPS) is 18.0. The van der Waals surface area contributed by atoms with Crippen LogP contribution < -0.4 is 5.32 Å². The van der Waals surface area contributed by atoms with E-state index in [9.17, 15) is 18.0 Å². The van der Waals surface area contributed by atoms with E-state index in [1.54, 1.807) is 6.08 Å². The molecule has 1 aliphatic carbocycles. The SMILES string of the molecule is CC1(C)CC(=C=O)C=C(Nc2ccc(C(F)(F)F)cc2)C1. The molecular formula is C16H16F3NO. The predicted octanol–water partition coefficient (Wildman–Crippen LogP) is 4.58. The summed E-state index contributed by atoms with van der Waals surface area (Å²) in [5.74, 6) is 1.91. The van der Waals surface area contributed by atoms with Crippen LogP contribution in [0.4, 0.5) is 18.9 Å². The first-order valence-electron chi connectivity index (χ1n) is 6.58. The van der Waals surface area contributed by atoms with Crippen LogP contribution in [0.1, 0.15) is 32.3 Å². The van der Waals surface area contributed by atoms with Crippen molar-refractivity contribution in [3.8, 4) is 0 Å². The van der Waals surface area contributed by atoms with Crippen LogP contribution in [0.2, 0.25) is 0 Å². The van der Waals surface area contributed by atoms with Crippen molar-refractivity contribution in [2.45, 2.75) is 32.9 Å². The molecule has 1 aliphatic rings. The first-order valence-corrected chi connectivity index (χ1v) is 6.58. The number of carbonyl (C=O) groups excluding carboxylic acids is 1. The Morgan fingerprint density at radius 3 is 2.29 bits per heavy atom. The number of allylic oxidation sites excluding steroid dienone is 3. The van der Waals surface area contributed by atoms with Gasteiger partial charge < -0.3 is 5.32 Å². The lowest BCUT2D eigenvalue weighted by Crippen LogP contribution is -2.20. The molecule has 2 nitrogen and oxygen atoms in total. The Bertz CT molecular complexity index is 605. The van der Waals surface area contributed by atoms with Crippen molar-refractivity contribution in [3.63, 3.8) is 0 Å². The molecule has 0 heterocycles. The number of halogens is 3. The van der Waals surface area contributed by atoms with Crippen LogP contribution in [-0.2, 0) is 11.0 Å². The van der Waals surface area contributed by atoms with E-state index in [1.807, 2.05) is 19.8 Å². The molecule has 0 saturated heterocycles. The molecule has 0 atom stereocenters. The second-order valence-corrected chi connectivity index (χ2v) is 6.01. The molecule has 5 heteroatoms. The molecule has 1 N–H and O–H groups in total. The Morgan fingerprint density at radius 2 is 1.76 bits per heavy atom. The van der Waals surface area contributed by atoms with Gasteiger partial charge in [0.1, 0.15) is 5.94 Å². The molecule has 0 radical (unpaired) electrons. The number of nitrogens with one attached hydrogen (secondary N) is 1. The predicted molar refractivity (Wildman–Crippen MR) is 75.4 cm³/mol. The number of rotatable bonds is 2. The number of alkyl halides is 3. The van der Waals surface area contributed by atoms with Gasteiger partial charge in [-0.2, -0.15) is 13.2 Å². The zero-order valence-corrected chi connectivity index (χ0v) is 11.8. The van der Waals surface area contributed by atoms with E-state index >= 15 is 0 Å². The lowest BCUT2D eigenvalue weighted by Gasteiger charge is -2.30. The zero-order chi connectivity index (χ0) is 15.7. The van der Waals surface area contributed by atoms with E-state index in [-0.39, 0.29) is 5.41 Å². The highest BCUT2D eigenvalue weighted by molar-refractivity contribution is 5.61. The molecule has 0 aromatic heterocycles. The van der Waals surface area contributed by atoms with Crippen molar-refractivity contribution in [2.75, 3.05) is 5.32 Å². The minimum atomic E-state index is -4.34. The molecule has 0 bridgehead atoms. The molecule has 1 aromatic rings. The maximum absolute atomic E-state index is 12.5. The third-order valence-corrected chi connectivity index (χ3v) is 3.33. The summed E-state index contributed by atoms with van der Waals surface area (Å²) in [5, 5.41) is 3.07. The molecule has 0 fully saturated rings. The topological polar surface area (TPSA) is 29.1 Å². The van der Waals surface area contributed by atoms with Gasteiger partial charge in [-0.25, -0.2) is 4.79 Å². The van der Waals surface area contributed by atoms with Crippen molar-refractivity contribution >= 4 is 11.6 Å². The zero-order valence-electron chi connectivity index (χ0n) is 11.8. The number of anilines is 1. The molecule has 1 aromatic carbocycles. The molecule has 0 amide bonds. The molecule has 2 rings (SSSR count). The van der Waals surface area contributed by atoms with Crippen LogP contribution in [0.5, 0.6) is 0 Å². The summed E-state index contributed by atoms with van der Waals surface area (Å²) in [5.41, 5.74) is 1.19. The summed E-state index contributed by atoms with van der Waals surface area (Å²) in [6.07, 6.45) is -1.25. The van der Waals surface area contributed by atoms with E-state index in [1.165, 1.54) is 12.1 Å². The second kappa shape index (κ2) is 5.41. The summed E-state index contributed by atoms with van der Waals surface area (Å²) in [6.45, 7) is 4.07. The molecular weight excluding hydrogens is 279 g/mol. The van der Waals surface area contributed by atoms with Crippen molar-refractivity contribution < 1.29 is 18.0 Å². The van der Waals surface area contributed by atoms with Gasteiger partial charge in [0.2, 0.25) is 0 Å². The largest absolute Gasteiger partial charge is 0.416 e. The average molecular weight is 295 g/mol. The highest BCUT2D eigenvalue weighted by atomic mass is 19.4. The van der Waals surface area contributed by atoms with Crippen LogP contribution in [0, 0.1) is 5.41 Å². The van der Waals surface area contributed by atoms with E-state index in [4.69, 9.17) is 0 Å². The van der Waals surface area contributed by atoms with Gasteiger partial charge in [-0.05, 0) is 48.6 Å². The van der Waals surface area contributed by atoms with Crippen molar-refractivity contribution in [1.82, 2.24) is 0 Å². The second-order valence-electron chi connectivity index (χ2n) is 6.01. The summed E-state index contributed by atoms with van der Waals surface area (Å²) in [7, 11) is 0. The van der Waals surface area contributed by atoms with Gasteiger partial charge in [0.15, 0.2) is 0 Å². The molecule has 0 saturated carbocycles. The van der Waals surface area contributed by atoms with Gasteiger partial charge in [-0.1, -0.05) is 13.8 Å². The number of benzene rings is 1. The lowest BCUT2D eigenvalue weighted by atomic mass is 9.77. The Kier molecular flexibility index (Phi) is 3.97. The van der Waals surface area contributed by atoms with Crippen molar-refractivity contribution in [2.24, 2.45) is 5.41 Å². The molecule has 0 unspecified atom stereocenters. The molecule has 21 heavy (non-hydrogen) atoms. The van der Waals surface area contributed by atoms with Gasteiger partial charge in [-0.15, -0.1) is 0 Å². The van der Waals surface area contributed by atoms with Crippen molar-refractivity contribution in [3.05, 3.63) is 47.2 Å². The third kappa shape index (κ3) is 3.99. The van der Waals surface area contributed by atoms with E-state index in [0.717, 1.165) is 24.3 Å². The third-order valence-electron chi connectivity index (χ3n) is 3.33. The summed E-state index contributed by atoms with van der Waals surface area (Å²) in [4.78, 5) is 10.8. The molecule has 0 spiro atoms. The smallest absolute Gasteiger partial charge is 0.359 e. The minimum Gasteiger partial charge on any atom is -0.359 e. The average Bonchev–Trinajstić information content (AvgIpc) is 2.36. The highest BCUT2D eigenvalue weighted by Gasteiger charge is 2.30.